The Morgan fingerprint density at radius 1 is 1.03 bits per heavy atom. The number of methoxy groups -OCH3 is 1. The zero-order valence-electron chi connectivity index (χ0n) is 18.3. The predicted octanol–water partition coefficient (Wildman–Crippen LogP) is 4.14. The van der Waals surface area contributed by atoms with E-state index in [1.54, 1.807) is 19.2 Å². The predicted molar refractivity (Wildman–Crippen MR) is 124 cm³/mol. The number of esters is 1. The molecule has 4 rings (SSSR count). The first-order chi connectivity index (χ1) is 16.5. The summed E-state index contributed by atoms with van der Waals surface area (Å²) in [5.74, 6) is -0.811. The van der Waals surface area contributed by atoms with E-state index in [2.05, 4.69) is 5.10 Å². The van der Waals surface area contributed by atoms with Crippen LogP contribution in [-0.2, 0) is 9.53 Å². The number of para-hydroxylation sites is 1. The fourth-order valence-corrected chi connectivity index (χ4v) is 3.71. The fraction of sp³-hybridized carbons (Fsp3) is 0.160. The van der Waals surface area contributed by atoms with Crippen LogP contribution in [0.5, 0.6) is 5.75 Å². The molecular weight excluding hydrogens is 438 g/mol. The number of nitro benzene ring substituents is 1. The highest BCUT2D eigenvalue weighted by molar-refractivity contribution is 6.03. The molecule has 0 saturated carbocycles. The summed E-state index contributed by atoms with van der Waals surface area (Å²) in [6, 6.07) is 21.8. The van der Waals surface area contributed by atoms with Crippen LogP contribution >= 0.6 is 0 Å². The molecular formula is C25H21N3O6. The van der Waals surface area contributed by atoms with E-state index in [1.807, 2.05) is 42.5 Å². The van der Waals surface area contributed by atoms with Crippen molar-refractivity contribution in [1.29, 1.82) is 0 Å². The van der Waals surface area contributed by atoms with Gasteiger partial charge < -0.3 is 9.47 Å². The first-order valence-electron chi connectivity index (χ1n) is 10.5. The van der Waals surface area contributed by atoms with Gasteiger partial charge in [0.15, 0.2) is 6.61 Å². The van der Waals surface area contributed by atoms with Gasteiger partial charge in [-0.1, -0.05) is 54.6 Å². The summed E-state index contributed by atoms with van der Waals surface area (Å²) in [6.45, 7) is -0.608. The van der Waals surface area contributed by atoms with Crippen molar-refractivity contribution in [1.82, 2.24) is 5.01 Å². The summed E-state index contributed by atoms with van der Waals surface area (Å²) in [5.41, 5.74) is 1.84. The number of hydrogen-bond donors (Lipinski definition) is 0. The Labute approximate surface area is 195 Å². The number of hydrazone groups is 1. The van der Waals surface area contributed by atoms with Crippen LogP contribution in [0.4, 0.5) is 5.69 Å². The van der Waals surface area contributed by atoms with Crippen LogP contribution in [0.2, 0.25) is 0 Å². The first-order valence-corrected chi connectivity index (χ1v) is 10.5. The van der Waals surface area contributed by atoms with Crippen LogP contribution < -0.4 is 4.74 Å². The van der Waals surface area contributed by atoms with Crippen LogP contribution in [0.15, 0.2) is 84.0 Å². The molecule has 0 aliphatic carbocycles. The lowest BCUT2D eigenvalue weighted by molar-refractivity contribution is -0.385. The van der Waals surface area contributed by atoms with Gasteiger partial charge >= 0.3 is 5.97 Å². The van der Waals surface area contributed by atoms with Crippen molar-refractivity contribution < 1.29 is 24.0 Å². The van der Waals surface area contributed by atoms with Crippen molar-refractivity contribution in [3.05, 3.63) is 106 Å². The monoisotopic (exact) mass is 459 g/mol. The summed E-state index contributed by atoms with van der Waals surface area (Å²) in [5, 5.41) is 17.0. The number of nitro groups is 1. The van der Waals surface area contributed by atoms with E-state index in [4.69, 9.17) is 9.47 Å². The Morgan fingerprint density at radius 3 is 2.38 bits per heavy atom. The van der Waals surface area contributed by atoms with Gasteiger partial charge in [-0.2, -0.15) is 5.10 Å². The summed E-state index contributed by atoms with van der Waals surface area (Å²) in [6.07, 6.45) is 0.472. The fourth-order valence-electron chi connectivity index (χ4n) is 3.71. The van der Waals surface area contributed by atoms with E-state index in [1.165, 1.54) is 29.3 Å². The third-order valence-electron chi connectivity index (χ3n) is 5.42. The van der Waals surface area contributed by atoms with E-state index in [0.717, 1.165) is 16.8 Å². The number of amides is 1. The molecule has 1 amide bonds. The molecule has 1 unspecified atom stereocenters. The molecule has 172 valence electrons. The highest BCUT2D eigenvalue weighted by Crippen LogP contribution is 2.33. The van der Waals surface area contributed by atoms with Crippen LogP contribution in [0.25, 0.3) is 0 Å². The third-order valence-corrected chi connectivity index (χ3v) is 5.42. The second-order valence-corrected chi connectivity index (χ2v) is 7.49. The second kappa shape index (κ2) is 9.95. The quantitative estimate of drug-likeness (QED) is 0.298. The Balaban J connectivity index is 1.55. The minimum absolute atomic E-state index is 0.220. The Kier molecular flexibility index (Phi) is 6.63. The van der Waals surface area contributed by atoms with E-state index in [-0.39, 0.29) is 11.3 Å². The van der Waals surface area contributed by atoms with Crippen LogP contribution in [-0.4, -0.2) is 41.2 Å². The molecule has 0 bridgehead atoms. The van der Waals surface area contributed by atoms with Crippen molar-refractivity contribution in [2.24, 2.45) is 5.10 Å². The zero-order valence-corrected chi connectivity index (χ0v) is 18.3. The molecule has 1 aliphatic heterocycles. The molecule has 0 N–H and O–H groups in total. The molecule has 0 aromatic heterocycles. The minimum atomic E-state index is -0.951. The van der Waals surface area contributed by atoms with E-state index >= 15 is 0 Å². The van der Waals surface area contributed by atoms with Crippen LogP contribution in [0.3, 0.4) is 0 Å². The summed E-state index contributed by atoms with van der Waals surface area (Å²) < 4.78 is 10.3. The van der Waals surface area contributed by atoms with Crippen molar-refractivity contribution in [2.75, 3.05) is 13.7 Å². The average molecular weight is 459 g/mol. The molecule has 3 aromatic carbocycles. The van der Waals surface area contributed by atoms with E-state index in [0.29, 0.717) is 12.2 Å². The molecule has 0 fully saturated rings. The molecule has 0 spiro atoms. The van der Waals surface area contributed by atoms with Gasteiger partial charge in [0.1, 0.15) is 11.3 Å². The lowest BCUT2D eigenvalue weighted by Crippen LogP contribution is -2.31. The molecule has 0 saturated heterocycles. The van der Waals surface area contributed by atoms with Gasteiger partial charge in [-0.05, 0) is 29.3 Å². The smallest absolute Gasteiger partial charge is 0.345 e. The van der Waals surface area contributed by atoms with Crippen molar-refractivity contribution in [2.45, 2.75) is 12.5 Å². The zero-order chi connectivity index (χ0) is 24.1. The van der Waals surface area contributed by atoms with Gasteiger partial charge in [0.2, 0.25) is 0 Å². The molecule has 34 heavy (non-hydrogen) atoms. The maximum absolute atomic E-state index is 13.1. The van der Waals surface area contributed by atoms with Gasteiger partial charge in [-0.3, -0.25) is 14.9 Å². The number of benzene rings is 3. The Hall–Kier alpha value is -4.53. The van der Waals surface area contributed by atoms with Crippen LogP contribution in [0, 0.1) is 10.1 Å². The van der Waals surface area contributed by atoms with E-state index in [9.17, 15) is 19.7 Å². The molecule has 9 nitrogen and oxygen atoms in total. The lowest BCUT2D eigenvalue weighted by Gasteiger charge is -2.22. The first kappa shape index (κ1) is 22.7. The Morgan fingerprint density at radius 2 is 1.71 bits per heavy atom. The standard InChI is InChI=1S/C25H21N3O6/c1-33-19-13-11-18(12-14-19)23-15-21(17-7-3-2-4-8-17)26-27(23)24(29)16-34-25(30)20-9-5-6-10-22(20)28(31)32/h2-14,23H,15-16H2,1H3. The van der Waals surface area contributed by atoms with Gasteiger partial charge in [0.25, 0.3) is 11.6 Å². The van der Waals surface area contributed by atoms with Crippen molar-refractivity contribution >= 4 is 23.3 Å². The van der Waals surface area contributed by atoms with Crippen molar-refractivity contribution in [3.8, 4) is 5.75 Å². The largest absolute Gasteiger partial charge is 0.497 e. The average Bonchev–Trinajstić information content (AvgIpc) is 3.33. The number of hydrogen-bond acceptors (Lipinski definition) is 7. The second-order valence-electron chi connectivity index (χ2n) is 7.49. The molecule has 1 aliphatic rings. The van der Waals surface area contributed by atoms with Crippen molar-refractivity contribution in [3.63, 3.8) is 0 Å². The molecule has 0 radical (unpaired) electrons. The van der Waals surface area contributed by atoms with Gasteiger partial charge in [-0.25, -0.2) is 9.80 Å². The maximum Gasteiger partial charge on any atom is 0.345 e. The van der Waals surface area contributed by atoms with Crippen LogP contribution in [0.1, 0.15) is 33.9 Å². The summed E-state index contributed by atoms with van der Waals surface area (Å²) in [7, 11) is 1.57. The summed E-state index contributed by atoms with van der Waals surface area (Å²) >= 11 is 0. The van der Waals surface area contributed by atoms with E-state index < -0.39 is 29.4 Å². The number of nitrogens with zero attached hydrogens (tertiary/aromatic N) is 3. The van der Waals surface area contributed by atoms with Gasteiger partial charge in [0, 0.05) is 12.5 Å². The SMILES string of the molecule is COc1ccc(C2CC(c3ccccc3)=NN2C(=O)COC(=O)c2ccccc2[N+](=O)[O-])cc1. The lowest BCUT2D eigenvalue weighted by atomic mass is 9.98. The minimum Gasteiger partial charge on any atom is -0.497 e. The summed E-state index contributed by atoms with van der Waals surface area (Å²) in [4.78, 5) is 36.0. The molecule has 3 aromatic rings. The number of carbonyl (C=O) groups is 2. The molecule has 9 heteroatoms. The van der Waals surface area contributed by atoms with Gasteiger partial charge in [0.05, 0.1) is 23.8 Å². The normalized spacial score (nSPS) is 14.9. The topological polar surface area (TPSA) is 111 Å². The number of carbonyl (C=O) groups excluding carboxylic acids is 2. The highest BCUT2D eigenvalue weighted by atomic mass is 16.6. The highest BCUT2D eigenvalue weighted by Gasteiger charge is 2.34. The number of ether oxygens (including phenoxy) is 2. The number of rotatable bonds is 7. The van der Waals surface area contributed by atoms with Gasteiger partial charge in [-0.15, -0.1) is 0 Å². The molecule has 1 atom stereocenters. The Bertz CT molecular complexity index is 1240. The third kappa shape index (κ3) is 4.78. The molecule has 1 heterocycles. The maximum atomic E-state index is 13.1.